The molecule has 0 amide bonds. The molecule has 0 atom stereocenters. The van der Waals surface area contributed by atoms with Crippen LogP contribution in [0.25, 0.3) is 5.57 Å². The van der Waals surface area contributed by atoms with E-state index >= 15 is 0 Å². The van der Waals surface area contributed by atoms with Crippen molar-refractivity contribution in [3.8, 4) is 0 Å². The van der Waals surface area contributed by atoms with E-state index in [4.69, 9.17) is 17.3 Å². The summed E-state index contributed by atoms with van der Waals surface area (Å²) in [7, 11) is 0. The van der Waals surface area contributed by atoms with E-state index in [1.165, 1.54) is 12.1 Å². The zero-order valence-electron chi connectivity index (χ0n) is 13.7. The predicted molar refractivity (Wildman–Crippen MR) is 97.5 cm³/mol. The Hall–Kier alpha value is -2.33. The topological polar surface area (TPSA) is 46.2 Å². The summed E-state index contributed by atoms with van der Waals surface area (Å²) >= 11 is 5.95. The smallest absolute Gasteiger partial charge is 0.133 e. The minimum Gasteiger partial charge on any atom is -0.508 e. The highest BCUT2D eigenvalue weighted by Gasteiger charge is 2.18. The molecule has 0 unspecified atom stereocenters. The first-order chi connectivity index (χ1) is 11.9. The van der Waals surface area contributed by atoms with Crippen molar-refractivity contribution in [2.75, 3.05) is 5.73 Å². The molecule has 5 heteroatoms. The lowest BCUT2D eigenvalue weighted by atomic mass is 9.88. The van der Waals surface area contributed by atoms with Gasteiger partial charge in [-0.05, 0) is 67.2 Å². The Labute approximate surface area is 150 Å². The Morgan fingerprint density at radius 3 is 2.44 bits per heavy atom. The second-order valence-corrected chi connectivity index (χ2v) is 6.65. The molecule has 25 heavy (non-hydrogen) atoms. The van der Waals surface area contributed by atoms with E-state index in [1.54, 1.807) is 25.1 Å². The summed E-state index contributed by atoms with van der Waals surface area (Å²) in [6.45, 7) is 1.56. The number of allylic oxidation sites excluding steroid dienone is 2. The van der Waals surface area contributed by atoms with Crippen molar-refractivity contribution in [1.29, 1.82) is 0 Å². The highest BCUT2D eigenvalue weighted by atomic mass is 35.5. The van der Waals surface area contributed by atoms with Crippen LogP contribution in [0.3, 0.4) is 0 Å². The van der Waals surface area contributed by atoms with E-state index in [9.17, 15) is 13.9 Å². The third-order valence-electron chi connectivity index (χ3n) is 4.44. The number of rotatable bonds is 3. The van der Waals surface area contributed by atoms with Crippen LogP contribution in [-0.2, 0) is 0 Å². The molecule has 0 aliphatic heterocycles. The second kappa shape index (κ2) is 6.89. The van der Waals surface area contributed by atoms with Crippen molar-refractivity contribution < 1.29 is 13.9 Å². The minimum atomic E-state index is -0.713. The number of aliphatic hydroxyl groups excluding tert-OH is 1. The summed E-state index contributed by atoms with van der Waals surface area (Å²) in [5.74, 6) is -1.22. The number of aliphatic hydroxyl groups is 1. The molecule has 0 saturated heterocycles. The third-order valence-corrected chi connectivity index (χ3v) is 4.68. The average molecular weight is 362 g/mol. The molecule has 3 rings (SSSR count). The second-order valence-electron chi connectivity index (χ2n) is 6.21. The van der Waals surface area contributed by atoms with Crippen LogP contribution in [0.2, 0.25) is 5.02 Å². The number of hydrogen-bond acceptors (Lipinski definition) is 2. The molecular formula is C20H18ClF2NO. The van der Waals surface area contributed by atoms with Crippen molar-refractivity contribution in [3.63, 3.8) is 0 Å². The summed E-state index contributed by atoms with van der Waals surface area (Å²) in [5, 5.41) is 10.8. The summed E-state index contributed by atoms with van der Waals surface area (Å²) in [4.78, 5) is 0. The highest BCUT2D eigenvalue weighted by Crippen LogP contribution is 2.35. The van der Waals surface area contributed by atoms with Crippen LogP contribution in [0.1, 0.15) is 36.0 Å². The van der Waals surface area contributed by atoms with Gasteiger partial charge < -0.3 is 10.8 Å². The van der Waals surface area contributed by atoms with Crippen LogP contribution in [-0.4, -0.2) is 5.11 Å². The Kier molecular flexibility index (Phi) is 4.82. The Morgan fingerprint density at radius 2 is 1.84 bits per heavy atom. The van der Waals surface area contributed by atoms with Gasteiger partial charge in [-0.2, -0.15) is 0 Å². The molecule has 1 saturated carbocycles. The van der Waals surface area contributed by atoms with Gasteiger partial charge in [0.15, 0.2) is 0 Å². The highest BCUT2D eigenvalue weighted by molar-refractivity contribution is 6.31. The van der Waals surface area contributed by atoms with Crippen molar-refractivity contribution in [2.45, 2.75) is 26.2 Å². The molecule has 2 nitrogen and oxygen atoms in total. The monoisotopic (exact) mass is 361 g/mol. The maximum Gasteiger partial charge on any atom is 0.133 e. The third kappa shape index (κ3) is 3.54. The van der Waals surface area contributed by atoms with Gasteiger partial charge in [-0.3, -0.25) is 0 Å². The molecular weight excluding hydrogens is 344 g/mol. The summed E-state index contributed by atoms with van der Waals surface area (Å²) in [5.41, 5.74) is 8.74. The Bertz CT molecular complexity index is 897. The van der Waals surface area contributed by atoms with Gasteiger partial charge in [0, 0.05) is 27.9 Å². The molecule has 130 valence electrons. The molecule has 2 aromatic rings. The van der Waals surface area contributed by atoms with Crippen molar-refractivity contribution >= 4 is 22.9 Å². The van der Waals surface area contributed by atoms with Gasteiger partial charge in [0.25, 0.3) is 0 Å². The van der Waals surface area contributed by atoms with E-state index in [0.717, 1.165) is 30.9 Å². The van der Waals surface area contributed by atoms with Crippen LogP contribution < -0.4 is 5.73 Å². The zero-order chi connectivity index (χ0) is 18.1. The van der Waals surface area contributed by atoms with Crippen LogP contribution in [0.4, 0.5) is 14.5 Å². The van der Waals surface area contributed by atoms with Gasteiger partial charge in [0.05, 0.1) is 0 Å². The number of halogens is 3. The average Bonchev–Trinajstić information content (AvgIpc) is 2.47. The molecule has 1 aliphatic rings. The summed E-state index contributed by atoms with van der Waals surface area (Å²) in [6.07, 6.45) is 4.16. The summed E-state index contributed by atoms with van der Waals surface area (Å²) in [6, 6.07) is 7.14. The molecule has 2 aromatic carbocycles. The predicted octanol–water partition coefficient (Wildman–Crippen LogP) is 5.94. The van der Waals surface area contributed by atoms with Crippen LogP contribution in [0.5, 0.6) is 0 Å². The van der Waals surface area contributed by atoms with Crippen LogP contribution >= 0.6 is 11.6 Å². The fourth-order valence-corrected chi connectivity index (χ4v) is 2.97. The molecule has 0 bridgehead atoms. The molecule has 0 spiro atoms. The lowest BCUT2D eigenvalue weighted by Crippen LogP contribution is -2.03. The first-order valence-corrected chi connectivity index (χ1v) is 8.38. The minimum absolute atomic E-state index is 0.108. The van der Waals surface area contributed by atoms with Gasteiger partial charge in [-0.1, -0.05) is 17.7 Å². The van der Waals surface area contributed by atoms with E-state index in [2.05, 4.69) is 0 Å². The molecule has 0 heterocycles. The zero-order valence-corrected chi connectivity index (χ0v) is 14.5. The molecule has 3 N–H and O–H groups in total. The van der Waals surface area contributed by atoms with E-state index in [1.807, 2.05) is 0 Å². The number of anilines is 1. The molecule has 1 aliphatic carbocycles. The first-order valence-electron chi connectivity index (χ1n) is 8.01. The van der Waals surface area contributed by atoms with Crippen molar-refractivity contribution in [3.05, 3.63) is 81.1 Å². The number of hydrogen-bond donors (Lipinski definition) is 2. The first kappa shape index (κ1) is 17.5. The van der Waals surface area contributed by atoms with Gasteiger partial charge in [-0.15, -0.1) is 0 Å². The number of aryl methyl sites for hydroxylation is 1. The maximum absolute atomic E-state index is 14.5. The fraction of sp³-hybridized carbons (Fsp3) is 0.200. The Morgan fingerprint density at radius 1 is 1.12 bits per heavy atom. The van der Waals surface area contributed by atoms with Gasteiger partial charge in [0.1, 0.15) is 17.4 Å². The van der Waals surface area contributed by atoms with Crippen molar-refractivity contribution in [1.82, 2.24) is 0 Å². The largest absolute Gasteiger partial charge is 0.508 e. The van der Waals surface area contributed by atoms with Crippen LogP contribution in [0.15, 0.2) is 47.7 Å². The van der Waals surface area contributed by atoms with Gasteiger partial charge >= 0.3 is 0 Å². The quantitative estimate of drug-likeness (QED) is 0.525. The normalized spacial score (nSPS) is 14.4. The molecule has 0 radical (unpaired) electrons. The Balaban J connectivity index is 2.23. The van der Waals surface area contributed by atoms with E-state index in [0.29, 0.717) is 27.4 Å². The lowest BCUT2D eigenvalue weighted by molar-refractivity contribution is 0.407. The van der Waals surface area contributed by atoms with E-state index in [-0.39, 0.29) is 11.3 Å². The SMILES string of the molecule is Cc1cc(/C(=C\C(O)=C2CCC2)c2ccc(Cl)cc2N)c(F)cc1F. The summed E-state index contributed by atoms with van der Waals surface area (Å²) < 4.78 is 28.1. The van der Waals surface area contributed by atoms with Crippen molar-refractivity contribution in [2.24, 2.45) is 0 Å². The number of benzene rings is 2. The van der Waals surface area contributed by atoms with E-state index < -0.39 is 11.6 Å². The standard InChI is InChI=1S/C20H18ClF2NO/c1-11-7-16(18(23)10-17(11)22)15(9-20(25)12-3-2-4-12)14-6-5-13(21)8-19(14)24/h5-10,25H,2-4,24H2,1H3/b15-9-. The lowest BCUT2D eigenvalue weighted by Gasteiger charge is -2.19. The number of nitrogens with two attached hydrogens (primary N) is 1. The maximum atomic E-state index is 14.5. The number of nitrogen functional groups attached to an aromatic ring is 1. The van der Waals surface area contributed by atoms with Gasteiger partial charge in [0.2, 0.25) is 0 Å². The molecule has 1 fully saturated rings. The van der Waals surface area contributed by atoms with Gasteiger partial charge in [-0.25, -0.2) is 8.78 Å². The van der Waals surface area contributed by atoms with Crippen LogP contribution in [0, 0.1) is 18.6 Å². The molecule has 0 aromatic heterocycles. The fourth-order valence-electron chi connectivity index (χ4n) is 2.79.